The zero-order valence-corrected chi connectivity index (χ0v) is 10.8. The van der Waals surface area contributed by atoms with E-state index in [2.05, 4.69) is 10.3 Å². The summed E-state index contributed by atoms with van der Waals surface area (Å²) in [5, 5.41) is 11.1. The van der Waals surface area contributed by atoms with Crippen molar-refractivity contribution in [1.82, 2.24) is 10.3 Å². The standard InChI is InChI=1S/C12H15FN2O4/c1-12(2,3)19-11(18)15-9(10(16)17)8-7(13)5-4-6-14-8/h4-6,9H,1-3H3,(H,15,18)(H,16,17). The maximum absolute atomic E-state index is 13.5. The molecule has 6 nitrogen and oxygen atoms in total. The average Bonchev–Trinajstić information content (AvgIpc) is 2.24. The van der Waals surface area contributed by atoms with Crippen molar-refractivity contribution >= 4 is 12.1 Å². The molecule has 0 bridgehead atoms. The van der Waals surface area contributed by atoms with Gasteiger partial charge in [-0.1, -0.05) is 0 Å². The third-order valence-electron chi connectivity index (χ3n) is 1.97. The predicted molar refractivity (Wildman–Crippen MR) is 63.9 cm³/mol. The Labute approximate surface area is 109 Å². The van der Waals surface area contributed by atoms with Gasteiger partial charge in [0.25, 0.3) is 0 Å². The number of carbonyl (C=O) groups excluding carboxylic acids is 1. The Balaban J connectivity index is 2.89. The van der Waals surface area contributed by atoms with Crippen LogP contribution >= 0.6 is 0 Å². The fourth-order valence-corrected chi connectivity index (χ4v) is 1.28. The van der Waals surface area contributed by atoms with Gasteiger partial charge in [-0.2, -0.15) is 0 Å². The number of nitrogens with one attached hydrogen (secondary N) is 1. The molecule has 7 heteroatoms. The lowest BCUT2D eigenvalue weighted by molar-refractivity contribution is -0.139. The van der Waals surface area contributed by atoms with Crippen molar-refractivity contribution < 1.29 is 23.8 Å². The lowest BCUT2D eigenvalue weighted by Crippen LogP contribution is -2.38. The SMILES string of the molecule is CC(C)(C)OC(=O)NC(C(=O)O)c1ncccc1F. The second-order valence-electron chi connectivity index (χ2n) is 4.79. The summed E-state index contributed by atoms with van der Waals surface area (Å²) in [7, 11) is 0. The zero-order valence-electron chi connectivity index (χ0n) is 10.8. The number of halogens is 1. The van der Waals surface area contributed by atoms with Crippen LogP contribution in [-0.4, -0.2) is 27.8 Å². The van der Waals surface area contributed by atoms with Crippen molar-refractivity contribution in [2.45, 2.75) is 32.4 Å². The van der Waals surface area contributed by atoms with E-state index < -0.39 is 29.5 Å². The quantitative estimate of drug-likeness (QED) is 0.875. The molecule has 19 heavy (non-hydrogen) atoms. The van der Waals surface area contributed by atoms with E-state index in [1.54, 1.807) is 20.8 Å². The Kier molecular flexibility index (Phi) is 4.42. The number of hydrogen-bond donors (Lipinski definition) is 2. The molecule has 1 aromatic rings. The Morgan fingerprint density at radius 2 is 2.11 bits per heavy atom. The van der Waals surface area contributed by atoms with Gasteiger partial charge in [-0.05, 0) is 32.9 Å². The third kappa shape index (κ3) is 4.53. The van der Waals surface area contributed by atoms with Gasteiger partial charge in [-0.15, -0.1) is 0 Å². The number of aliphatic carboxylic acids is 1. The molecule has 0 saturated heterocycles. The molecule has 0 spiro atoms. The fraction of sp³-hybridized carbons (Fsp3) is 0.417. The van der Waals surface area contributed by atoms with Gasteiger partial charge in [0.05, 0.1) is 0 Å². The summed E-state index contributed by atoms with van der Waals surface area (Å²) in [6, 6.07) is 0.788. The molecule has 0 aliphatic heterocycles. The van der Waals surface area contributed by atoms with Crippen LogP contribution in [0.1, 0.15) is 32.5 Å². The predicted octanol–water partition coefficient (Wildman–Crippen LogP) is 1.87. The van der Waals surface area contributed by atoms with Crippen LogP contribution in [0.2, 0.25) is 0 Å². The van der Waals surface area contributed by atoms with E-state index in [1.807, 2.05) is 0 Å². The maximum atomic E-state index is 13.5. The number of ether oxygens (including phenoxy) is 1. The van der Waals surface area contributed by atoms with Gasteiger partial charge in [0.2, 0.25) is 0 Å². The van der Waals surface area contributed by atoms with Crippen molar-refractivity contribution in [3.8, 4) is 0 Å². The summed E-state index contributed by atoms with van der Waals surface area (Å²) < 4.78 is 18.4. The molecule has 0 saturated carbocycles. The van der Waals surface area contributed by atoms with Gasteiger partial charge >= 0.3 is 12.1 Å². The van der Waals surface area contributed by atoms with Crippen molar-refractivity contribution in [3.05, 3.63) is 29.8 Å². The molecule has 1 aromatic heterocycles. The van der Waals surface area contributed by atoms with E-state index in [9.17, 15) is 14.0 Å². The molecule has 104 valence electrons. The molecule has 1 amide bonds. The number of carboxylic acid groups (broad SMARTS) is 1. The first-order chi connectivity index (χ1) is 8.70. The van der Waals surface area contributed by atoms with Gasteiger partial charge in [0.15, 0.2) is 6.04 Å². The molecule has 0 fully saturated rings. The third-order valence-corrected chi connectivity index (χ3v) is 1.97. The van der Waals surface area contributed by atoms with Crippen molar-refractivity contribution in [3.63, 3.8) is 0 Å². The lowest BCUT2D eigenvalue weighted by Gasteiger charge is -2.21. The lowest BCUT2D eigenvalue weighted by atomic mass is 10.2. The second kappa shape index (κ2) is 5.64. The van der Waals surface area contributed by atoms with Gasteiger partial charge < -0.3 is 15.2 Å². The Bertz CT molecular complexity index is 485. The first kappa shape index (κ1) is 14.9. The molecule has 1 atom stereocenters. The number of carboxylic acids is 1. The normalized spacial score (nSPS) is 12.6. The summed E-state index contributed by atoms with van der Waals surface area (Å²) in [5.41, 5.74) is -1.16. The first-order valence-corrected chi connectivity index (χ1v) is 5.53. The number of hydrogen-bond acceptors (Lipinski definition) is 4. The molecule has 1 rings (SSSR count). The minimum Gasteiger partial charge on any atom is -0.479 e. The molecule has 1 heterocycles. The van der Waals surface area contributed by atoms with Crippen LogP contribution in [0.25, 0.3) is 0 Å². The highest BCUT2D eigenvalue weighted by molar-refractivity contribution is 5.81. The molecule has 2 N–H and O–H groups in total. The largest absolute Gasteiger partial charge is 0.479 e. The highest BCUT2D eigenvalue weighted by Gasteiger charge is 2.28. The molecule has 0 aromatic carbocycles. The van der Waals surface area contributed by atoms with Crippen LogP contribution in [0.15, 0.2) is 18.3 Å². The maximum Gasteiger partial charge on any atom is 0.408 e. The summed E-state index contributed by atoms with van der Waals surface area (Å²) in [4.78, 5) is 26.2. The summed E-state index contributed by atoms with van der Waals surface area (Å²) in [6.07, 6.45) is 0.287. The Hall–Kier alpha value is -2.18. The van der Waals surface area contributed by atoms with E-state index in [0.717, 1.165) is 6.07 Å². The van der Waals surface area contributed by atoms with Gasteiger partial charge in [-0.3, -0.25) is 4.98 Å². The number of nitrogens with zero attached hydrogens (tertiary/aromatic N) is 1. The smallest absolute Gasteiger partial charge is 0.408 e. The van der Waals surface area contributed by atoms with E-state index in [1.165, 1.54) is 12.3 Å². The van der Waals surface area contributed by atoms with Crippen molar-refractivity contribution in [1.29, 1.82) is 0 Å². The number of alkyl carbamates (subject to hydrolysis) is 1. The van der Waals surface area contributed by atoms with Crippen LogP contribution in [-0.2, 0) is 9.53 Å². The van der Waals surface area contributed by atoms with E-state index in [0.29, 0.717) is 0 Å². The molecular weight excluding hydrogens is 255 g/mol. The van der Waals surface area contributed by atoms with E-state index >= 15 is 0 Å². The van der Waals surface area contributed by atoms with Crippen LogP contribution in [0.4, 0.5) is 9.18 Å². The van der Waals surface area contributed by atoms with Crippen molar-refractivity contribution in [2.24, 2.45) is 0 Å². The molecule has 0 aliphatic rings. The van der Waals surface area contributed by atoms with Crippen LogP contribution in [0.5, 0.6) is 0 Å². The summed E-state index contributed by atoms with van der Waals surface area (Å²) >= 11 is 0. The highest BCUT2D eigenvalue weighted by atomic mass is 19.1. The first-order valence-electron chi connectivity index (χ1n) is 5.53. The van der Waals surface area contributed by atoms with Gasteiger partial charge in [0.1, 0.15) is 17.1 Å². The summed E-state index contributed by atoms with van der Waals surface area (Å²) in [5.74, 6) is -2.24. The molecule has 1 unspecified atom stereocenters. The van der Waals surface area contributed by atoms with Crippen LogP contribution in [0.3, 0.4) is 0 Å². The summed E-state index contributed by atoms with van der Waals surface area (Å²) in [6.45, 7) is 4.89. The minimum absolute atomic E-state index is 0.374. The van der Waals surface area contributed by atoms with Crippen LogP contribution in [0, 0.1) is 5.82 Å². The number of amides is 1. The van der Waals surface area contributed by atoms with E-state index in [-0.39, 0.29) is 5.69 Å². The fourth-order valence-electron chi connectivity index (χ4n) is 1.28. The monoisotopic (exact) mass is 270 g/mol. The Morgan fingerprint density at radius 1 is 1.47 bits per heavy atom. The van der Waals surface area contributed by atoms with Crippen LogP contribution < -0.4 is 5.32 Å². The number of aromatic nitrogens is 1. The minimum atomic E-state index is -1.60. The van der Waals surface area contributed by atoms with Crippen molar-refractivity contribution in [2.75, 3.05) is 0 Å². The highest BCUT2D eigenvalue weighted by Crippen LogP contribution is 2.15. The second-order valence-corrected chi connectivity index (χ2v) is 4.79. The van der Waals surface area contributed by atoms with Gasteiger partial charge in [-0.25, -0.2) is 14.0 Å². The number of carbonyl (C=O) groups is 2. The van der Waals surface area contributed by atoms with E-state index in [4.69, 9.17) is 9.84 Å². The van der Waals surface area contributed by atoms with Gasteiger partial charge in [0, 0.05) is 6.20 Å². The molecule has 0 radical (unpaired) electrons. The molecule has 0 aliphatic carbocycles. The Morgan fingerprint density at radius 3 is 2.58 bits per heavy atom. The molecular formula is C12H15FN2O4. The number of pyridine rings is 1. The topological polar surface area (TPSA) is 88.5 Å². The zero-order chi connectivity index (χ0) is 14.6. The average molecular weight is 270 g/mol. The number of rotatable bonds is 3.